The number of carboxylic acid groups (broad SMARTS) is 1. The fourth-order valence-electron chi connectivity index (χ4n) is 3.80. The lowest BCUT2D eigenvalue weighted by Crippen LogP contribution is -2.56. The van der Waals surface area contributed by atoms with Gasteiger partial charge in [-0.15, -0.1) is 0 Å². The van der Waals surface area contributed by atoms with E-state index in [2.05, 4.69) is 15.3 Å². The van der Waals surface area contributed by atoms with Gasteiger partial charge in [-0.25, -0.2) is 14.8 Å². The molecule has 1 atom stereocenters. The first-order chi connectivity index (χ1) is 17.7. The zero-order valence-corrected chi connectivity index (χ0v) is 21.2. The summed E-state index contributed by atoms with van der Waals surface area (Å²) in [5.74, 6) is -1.26. The maximum atomic E-state index is 13.3. The molecule has 1 aromatic carbocycles. The van der Waals surface area contributed by atoms with Crippen LogP contribution in [0, 0.1) is 0 Å². The highest BCUT2D eigenvalue weighted by Gasteiger charge is 2.31. The Morgan fingerprint density at radius 3 is 2.30 bits per heavy atom. The number of nitrogens with zero attached hydrogens (tertiary/aromatic N) is 5. The SMILES string of the molecule is CCOC(=O)N1CCN(C(=O)[C@H](CCC(=O)O)NC(=O)c2cc(N(C)C)nc(-c3ccccc3)n2)CC1. The number of carbonyl (C=O) groups excluding carboxylic acids is 3. The number of nitrogens with one attached hydrogen (secondary N) is 1. The minimum atomic E-state index is -1.08. The minimum absolute atomic E-state index is 0.0535. The van der Waals surface area contributed by atoms with Gasteiger partial charge in [0.1, 0.15) is 17.6 Å². The number of aliphatic carboxylic acids is 1. The predicted molar refractivity (Wildman–Crippen MR) is 135 cm³/mol. The molecule has 2 aromatic rings. The van der Waals surface area contributed by atoms with Crippen LogP contribution in [-0.2, 0) is 14.3 Å². The molecule has 1 aromatic heterocycles. The first kappa shape index (κ1) is 27.4. The van der Waals surface area contributed by atoms with Gasteiger partial charge in [-0.3, -0.25) is 14.4 Å². The Hall–Kier alpha value is -4.22. The molecule has 3 amide bonds. The fourth-order valence-corrected chi connectivity index (χ4v) is 3.80. The Labute approximate surface area is 215 Å². The number of amides is 3. The molecule has 12 heteroatoms. The van der Waals surface area contributed by atoms with Crippen LogP contribution in [0.1, 0.15) is 30.3 Å². The Morgan fingerprint density at radius 1 is 1.05 bits per heavy atom. The molecular formula is C25H32N6O6. The molecule has 1 saturated heterocycles. The smallest absolute Gasteiger partial charge is 0.409 e. The van der Waals surface area contributed by atoms with Gasteiger partial charge in [0.25, 0.3) is 5.91 Å². The summed E-state index contributed by atoms with van der Waals surface area (Å²) in [5.41, 5.74) is 0.774. The minimum Gasteiger partial charge on any atom is -0.481 e. The summed E-state index contributed by atoms with van der Waals surface area (Å²) in [7, 11) is 3.57. The van der Waals surface area contributed by atoms with E-state index in [-0.39, 0.29) is 51.3 Å². The van der Waals surface area contributed by atoms with Crippen LogP contribution >= 0.6 is 0 Å². The Bertz CT molecular complexity index is 1120. The van der Waals surface area contributed by atoms with E-state index in [9.17, 15) is 24.3 Å². The largest absolute Gasteiger partial charge is 0.481 e. The van der Waals surface area contributed by atoms with Crippen LogP contribution < -0.4 is 10.2 Å². The lowest BCUT2D eigenvalue weighted by molar-refractivity contribution is -0.138. The number of carboxylic acids is 1. The van der Waals surface area contributed by atoms with Crippen LogP contribution in [0.4, 0.5) is 10.6 Å². The van der Waals surface area contributed by atoms with Crippen molar-refractivity contribution >= 4 is 29.7 Å². The summed E-state index contributed by atoms with van der Waals surface area (Å²) in [4.78, 5) is 63.4. The van der Waals surface area contributed by atoms with Crippen molar-refractivity contribution in [1.29, 1.82) is 0 Å². The fraction of sp³-hybridized carbons (Fsp3) is 0.440. The average Bonchev–Trinajstić information content (AvgIpc) is 2.90. The maximum Gasteiger partial charge on any atom is 0.409 e. The second kappa shape index (κ2) is 12.7. The standard InChI is InChI=1S/C25H32N6O6/c1-4-37-25(36)31-14-12-30(13-15-31)24(35)18(10-11-21(32)33)27-23(34)19-16-20(29(2)3)28-22(26-19)17-8-6-5-7-9-17/h5-9,16,18H,4,10-15H2,1-3H3,(H,27,34)(H,32,33)/t18-/m0/s1. The second-order valence-electron chi connectivity index (χ2n) is 8.67. The molecule has 37 heavy (non-hydrogen) atoms. The van der Waals surface area contributed by atoms with Crippen molar-refractivity contribution in [1.82, 2.24) is 25.1 Å². The van der Waals surface area contributed by atoms with Crippen molar-refractivity contribution in [3.63, 3.8) is 0 Å². The number of piperazine rings is 1. The van der Waals surface area contributed by atoms with E-state index in [1.54, 1.807) is 25.9 Å². The molecule has 198 valence electrons. The number of aromatic nitrogens is 2. The van der Waals surface area contributed by atoms with Gasteiger partial charge in [0.2, 0.25) is 5.91 Å². The highest BCUT2D eigenvalue weighted by Crippen LogP contribution is 2.19. The average molecular weight is 513 g/mol. The molecule has 3 rings (SSSR count). The number of benzene rings is 1. The lowest BCUT2D eigenvalue weighted by atomic mass is 10.1. The molecule has 0 radical (unpaired) electrons. The van der Waals surface area contributed by atoms with Gasteiger partial charge >= 0.3 is 12.1 Å². The predicted octanol–water partition coefficient (Wildman–Crippen LogP) is 1.47. The van der Waals surface area contributed by atoms with E-state index in [0.29, 0.717) is 11.6 Å². The highest BCUT2D eigenvalue weighted by molar-refractivity contribution is 5.97. The molecule has 0 bridgehead atoms. The van der Waals surface area contributed by atoms with Crippen LogP contribution in [0.25, 0.3) is 11.4 Å². The van der Waals surface area contributed by atoms with E-state index < -0.39 is 29.9 Å². The Kier molecular flexibility index (Phi) is 9.36. The van der Waals surface area contributed by atoms with Crippen molar-refractivity contribution in [2.45, 2.75) is 25.8 Å². The van der Waals surface area contributed by atoms with E-state index in [0.717, 1.165) is 5.56 Å². The number of hydrogen-bond donors (Lipinski definition) is 2. The van der Waals surface area contributed by atoms with Gasteiger partial charge in [0.05, 0.1) is 6.61 Å². The van der Waals surface area contributed by atoms with Crippen LogP contribution in [0.15, 0.2) is 36.4 Å². The number of carbonyl (C=O) groups is 4. The van der Waals surface area contributed by atoms with Crippen molar-refractivity contribution in [2.24, 2.45) is 0 Å². The van der Waals surface area contributed by atoms with E-state index in [1.165, 1.54) is 15.9 Å². The van der Waals surface area contributed by atoms with Crippen molar-refractivity contribution in [3.05, 3.63) is 42.1 Å². The Balaban J connectivity index is 1.79. The Morgan fingerprint density at radius 2 is 1.70 bits per heavy atom. The first-order valence-electron chi connectivity index (χ1n) is 12.0. The highest BCUT2D eigenvalue weighted by atomic mass is 16.6. The number of hydrogen-bond acceptors (Lipinski definition) is 8. The van der Waals surface area contributed by atoms with Gasteiger partial charge in [-0.1, -0.05) is 30.3 Å². The lowest BCUT2D eigenvalue weighted by Gasteiger charge is -2.35. The zero-order valence-electron chi connectivity index (χ0n) is 21.2. The molecule has 1 fully saturated rings. The molecule has 12 nitrogen and oxygen atoms in total. The third-order valence-electron chi connectivity index (χ3n) is 5.80. The molecule has 1 aliphatic rings. The monoisotopic (exact) mass is 512 g/mol. The van der Waals surface area contributed by atoms with E-state index >= 15 is 0 Å². The summed E-state index contributed by atoms with van der Waals surface area (Å²) in [6.07, 6.45) is -0.837. The van der Waals surface area contributed by atoms with Crippen LogP contribution in [0.5, 0.6) is 0 Å². The van der Waals surface area contributed by atoms with Gasteiger partial charge in [0, 0.05) is 58.3 Å². The molecule has 0 aliphatic carbocycles. The van der Waals surface area contributed by atoms with Crippen molar-refractivity contribution in [3.8, 4) is 11.4 Å². The normalized spacial score (nSPS) is 14.0. The molecule has 0 spiro atoms. The molecule has 0 saturated carbocycles. The zero-order chi connectivity index (χ0) is 26.9. The third kappa shape index (κ3) is 7.38. The third-order valence-corrected chi connectivity index (χ3v) is 5.80. The van der Waals surface area contributed by atoms with E-state index in [1.807, 2.05) is 30.3 Å². The summed E-state index contributed by atoms with van der Waals surface area (Å²) >= 11 is 0. The molecule has 2 N–H and O–H groups in total. The van der Waals surface area contributed by atoms with Crippen molar-refractivity contribution < 1.29 is 29.0 Å². The molecular weight excluding hydrogens is 480 g/mol. The first-order valence-corrected chi connectivity index (χ1v) is 12.0. The topological polar surface area (TPSA) is 145 Å². The quantitative estimate of drug-likeness (QED) is 0.510. The maximum absolute atomic E-state index is 13.3. The molecule has 1 aliphatic heterocycles. The van der Waals surface area contributed by atoms with Gasteiger partial charge in [-0.2, -0.15) is 0 Å². The van der Waals surface area contributed by atoms with Crippen LogP contribution in [-0.4, -0.2) is 102 Å². The van der Waals surface area contributed by atoms with Crippen LogP contribution in [0.2, 0.25) is 0 Å². The van der Waals surface area contributed by atoms with Gasteiger partial charge < -0.3 is 29.9 Å². The summed E-state index contributed by atoms with van der Waals surface area (Å²) in [6.45, 7) is 3.02. The molecule has 0 unspecified atom stereocenters. The summed E-state index contributed by atoms with van der Waals surface area (Å²) < 4.78 is 5.00. The number of ether oxygens (including phenoxy) is 1. The number of anilines is 1. The summed E-state index contributed by atoms with van der Waals surface area (Å²) in [6, 6.07) is 9.62. The number of rotatable bonds is 9. The van der Waals surface area contributed by atoms with Gasteiger partial charge in [0.15, 0.2) is 5.82 Å². The van der Waals surface area contributed by atoms with Gasteiger partial charge in [-0.05, 0) is 13.3 Å². The molecule has 2 heterocycles. The van der Waals surface area contributed by atoms with Crippen molar-refractivity contribution in [2.75, 3.05) is 51.8 Å². The van der Waals surface area contributed by atoms with Crippen LogP contribution in [0.3, 0.4) is 0 Å². The summed E-state index contributed by atoms with van der Waals surface area (Å²) in [5, 5.41) is 11.9. The second-order valence-corrected chi connectivity index (χ2v) is 8.67. The van der Waals surface area contributed by atoms with E-state index in [4.69, 9.17) is 4.74 Å².